The largest absolute Gasteiger partial charge is 0.480 e. The predicted molar refractivity (Wildman–Crippen MR) is 76.0 cm³/mol. The van der Waals surface area contributed by atoms with Crippen LogP contribution in [0, 0.1) is 5.82 Å². The molecule has 2 amide bonds. The van der Waals surface area contributed by atoms with Gasteiger partial charge in [-0.15, -0.1) is 11.8 Å². The third-order valence-electron chi connectivity index (χ3n) is 2.66. The molecule has 1 aromatic rings. The molecule has 0 aliphatic carbocycles. The van der Waals surface area contributed by atoms with E-state index in [0.29, 0.717) is 5.75 Å². The van der Waals surface area contributed by atoms with Crippen LogP contribution in [-0.4, -0.2) is 39.7 Å². The zero-order valence-corrected chi connectivity index (χ0v) is 12.2. The number of urea groups is 1. The van der Waals surface area contributed by atoms with E-state index in [9.17, 15) is 14.0 Å². The molecular formula is C11H9Cl2FN2O3S. The van der Waals surface area contributed by atoms with Gasteiger partial charge >= 0.3 is 12.0 Å². The number of aliphatic carboxylic acids is 1. The van der Waals surface area contributed by atoms with Gasteiger partial charge in [-0.05, 0) is 12.1 Å². The molecule has 1 saturated heterocycles. The van der Waals surface area contributed by atoms with Crippen LogP contribution in [0.1, 0.15) is 0 Å². The van der Waals surface area contributed by atoms with Gasteiger partial charge in [-0.25, -0.2) is 14.0 Å². The van der Waals surface area contributed by atoms with Crippen molar-refractivity contribution in [1.82, 2.24) is 4.90 Å². The van der Waals surface area contributed by atoms with Crippen LogP contribution in [0.4, 0.5) is 14.9 Å². The van der Waals surface area contributed by atoms with Crippen molar-refractivity contribution in [3.63, 3.8) is 0 Å². The van der Waals surface area contributed by atoms with Crippen molar-refractivity contribution in [2.75, 3.05) is 16.9 Å². The monoisotopic (exact) mass is 338 g/mol. The first-order chi connectivity index (χ1) is 9.40. The number of thioether (sulfide) groups is 1. The number of nitrogens with one attached hydrogen (secondary N) is 1. The number of carbonyl (C=O) groups excluding carboxylic acids is 1. The van der Waals surface area contributed by atoms with Gasteiger partial charge in [0.2, 0.25) is 0 Å². The van der Waals surface area contributed by atoms with E-state index in [-0.39, 0.29) is 21.6 Å². The highest BCUT2D eigenvalue weighted by atomic mass is 35.5. The molecule has 1 aliphatic rings. The molecule has 1 fully saturated rings. The molecule has 20 heavy (non-hydrogen) atoms. The van der Waals surface area contributed by atoms with Crippen LogP contribution in [0.2, 0.25) is 10.0 Å². The molecule has 1 aromatic carbocycles. The Morgan fingerprint density at radius 1 is 1.40 bits per heavy atom. The summed E-state index contributed by atoms with van der Waals surface area (Å²) in [4.78, 5) is 24.2. The molecule has 0 unspecified atom stereocenters. The van der Waals surface area contributed by atoms with Crippen molar-refractivity contribution in [3.05, 3.63) is 28.0 Å². The van der Waals surface area contributed by atoms with Crippen LogP contribution >= 0.6 is 35.0 Å². The number of carbonyl (C=O) groups is 2. The Morgan fingerprint density at radius 2 is 2.00 bits per heavy atom. The fraction of sp³-hybridized carbons (Fsp3) is 0.273. The standard InChI is InChI=1S/C11H9Cl2FN2O3S/c12-6-1-5(2-7(13)9(6)14)15-11(19)16-4-20-3-8(16)10(17)18/h1-2,8H,3-4H2,(H,15,19)(H,17,18)/t8-/m0/s1. The van der Waals surface area contributed by atoms with Gasteiger partial charge in [0.1, 0.15) is 6.04 Å². The SMILES string of the molecule is O=C(O)[C@@H]1CSCN1C(=O)Nc1cc(Cl)c(F)c(Cl)c1. The third kappa shape index (κ3) is 3.11. The molecule has 0 radical (unpaired) electrons. The number of amides is 2. The maximum atomic E-state index is 13.2. The molecule has 108 valence electrons. The van der Waals surface area contributed by atoms with Gasteiger partial charge < -0.3 is 15.3 Å². The zero-order chi connectivity index (χ0) is 14.9. The van der Waals surface area contributed by atoms with Crippen molar-refractivity contribution in [1.29, 1.82) is 0 Å². The van der Waals surface area contributed by atoms with Gasteiger partial charge in [-0.3, -0.25) is 0 Å². The average molecular weight is 339 g/mol. The summed E-state index contributed by atoms with van der Waals surface area (Å²) in [5, 5.41) is 11.0. The average Bonchev–Trinajstić information content (AvgIpc) is 2.85. The van der Waals surface area contributed by atoms with Gasteiger partial charge in [0.05, 0.1) is 15.9 Å². The summed E-state index contributed by atoms with van der Waals surface area (Å²) in [5.74, 6) is -1.24. The van der Waals surface area contributed by atoms with E-state index < -0.39 is 23.9 Å². The Kier molecular flexibility index (Phi) is 4.62. The molecule has 5 nitrogen and oxygen atoms in total. The fourth-order valence-corrected chi connectivity index (χ4v) is 3.30. The topological polar surface area (TPSA) is 69.6 Å². The fourth-order valence-electron chi connectivity index (χ4n) is 1.67. The molecular weight excluding hydrogens is 330 g/mol. The molecule has 9 heteroatoms. The van der Waals surface area contributed by atoms with Crippen molar-refractivity contribution in [2.24, 2.45) is 0 Å². The lowest BCUT2D eigenvalue weighted by molar-refractivity contribution is -0.140. The van der Waals surface area contributed by atoms with Crippen LogP contribution in [0.25, 0.3) is 0 Å². The normalized spacial score (nSPS) is 18.1. The van der Waals surface area contributed by atoms with Crippen LogP contribution in [0.5, 0.6) is 0 Å². The third-order valence-corrected chi connectivity index (χ3v) is 4.23. The van der Waals surface area contributed by atoms with E-state index in [4.69, 9.17) is 28.3 Å². The number of benzene rings is 1. The number of hydrogen-bond donors (Lipinski definition) is 2. The first-order valence-corrected chi connectivity index (χ1v) is 7.34. The number of halogens is 3. The minimum atomic E-state index is -1.07. The second kappa shape index (κ2) is 6.07. The first kappa shape index (κ1) is 15.2. The Bertz CT molecular complexity index is 550. The lowest BCUT2D eigenvalue weighted by Crippen LogP contribution is -2.43. The quantitative estimate of drug-likeness (QED) is 0.813. The number of nitrogens with zero attached hydrogens (tertiary/aromatic N) is 1. The van der Waals surface area contributed by atoms with Gasteiger partial charge in [0.25, 0.3) is 0 Å². The van der Waals surface area contributed by atoms with Gasteiger partial charge in [0.15, 0.2) is 5.82 Å². The van der Waals surface area contributed by atoms with E-state index in [1.807, 2.05) is 0 Å². The summed E-state index contributed by atoms with van der Waals surface area (Å²) < 4.78 is 13.2. The van der Waals surface area contributed by atoms with E-state index in [2.05, 4.69) is 5.32 Å². The highest BCUT2D eigenvalue weighted by molar-refractivity contribution is 7.99. The van der Waals surface area contributed by atoms with Crippen LogP contribution in [-0.2, 0) is 4.79 Å². The summed E-state index contributed by atoms with van der Waals surface area (Å²) in [6.07, 6.45) is 0. The maximum Gasteiger partial charge on any atom is 0.327 e. The number of rotatable bonds is 2. The van der Waals surface area contributed by atoms with Gasteiger partial charge in [-0.2, -0.15) is 0 Å². The van der Waals surface area contributed by atoms with Crippen molar-refractivity contribution >= 4 is 52.7 Å². The maximum absolute atomic E-state index is 13.2. The Morgan fingerprint density at radius 3 is 2.55 bits per heavy atom. The first-order valence-electron chi connectivity index (χ1n) is 5.43. The second-order valence-corrected chi connectivity index (χ2v) is 5.82. The smallest absolute Gasteiger partial charge is 0.327 e. The van der Waals surface area contributed by atoms with E-state index in [0.717, 1.165) is 0 Å². The summed E-state index contributed by atoms with van der Waals surface area (Å²) >= 11 is 12.6. The molecule has 0 aromatic heterocycles. The van der Waals surface area contributed by atoms with Crippen molar-refractivity contribution < 1.29 is 19.1 Å². The minimum absolute atomic E-state index is 0.201. The molecule has 0 saturated carbocycles. The predicted octanol–water partition coefficient (Wildman–Crippen LogP) is 3.12. The summed E-state index contributed by atoms with van der Waals surface area (Å²) in [6, 6.07) is 0.937. The molecule has 0 spiro atoms. The highest BCUT2D eigenvalue weighted by Gasteiger charge is 2.34. The second-order valence-electron chi connectivity index (χ2n) is 4.01. The molecule has 1 heterocycles. The number of hydrogen-bond acceptors (Lipinski definition) is 3. The van der Waals surface area contributed by atoms with E-state index in [1.165, 1.54) is 28.8 Å². The lowest BCUT2D eigenvalue weighted by Gasteiger charge is -2.21. The molecule has 1 atom stereocenters. The Hall–Kier alpha value is -1.18. The number of carboxylic acids is 1. The van der Waals surface area contributed by atoms with Crippen LogP contribution < -0.4 is 5.32 Å². The van der Waals surface area contributed by atoms with Crippen molar-refractivity contribution in [2.45, 2.75) is 6.04 Å². The zero-order valence-electron chi connectivity index (χ0n) is 9.90. The van der Waals surface area contributed by atoms with E-state index >= 15 is 0 Å². The summed E-state index contributed by atoms with van der Waals surface area (Å²) in [6.45, 7) is 0. The van der Waals surface area contributed by atoms with E-state index in [1.54, 1.807) is 0 Å². The van der Waals surface area contributed by atoms with Gasteiger partial charge in [-0.1, -0.05) is 23.2 Å². The molecule has 2 rings (SSSR count). The van der Waals surface area contributed by atoms with Gasteiger partial charge in [0, 0.05) is 11.4 Å². The lowest BCUT2D eigenvalue weighted by atomic mass is 10.3. The number of anilines is 1. The Balaban J connectivity index is 2.14. The van der Waals surface area contributed by atoms with Crippen molar-refractivity contribution in [3.8, 4) is 0 Å². The number of carboxylic acid groups (broad SMARTS) is 1. The molecule has 0 bridgehead atoms. The minimum Gasteiger partial charge on any atom is -0.480 e. The molecule has 2 N–H and O–H groups in total. The molecule has 1 aliphatic heterocycles. The Labute approximate surface area is 128 Å². The highest BCUT2D eigenvalue weighted by Crippen LogP contribution is 2.28. The summed E-state index contributed by atoms with van der Waals surface area (Å²) in [5.41, 5.74) is 0.201. The van der Waals surface area contributed by atoms with Crippen LogP contribution in [0.15, 0.2) is 12.1 Å². The van der Waals surface area contributed by atoms with Crippen LogP contribution in [0.3, 0.4) is 0 Å². The summed E-state index contributed by atoms with van der Waals surface area (Å²) in [7, 11) is 0.